The minimum Gasteiger partial charge on any atom is -0.491 e. The molecule has 32 heavy (non-hydrogen) atoms. The van der Waals surface area contributed by atoms with Crippen molar-refractivity contribution in [3.63, 3.8) is 0 Å². The van der Waals surface area contributed by atoms with Gasteiger partial charge in [-0.25, -0.2) is 4.98 Å². The number of aliphatic hydroxyl groups is 1. The first-order valence-electron chi connectivity index (χ1n) is 11.3. The second kappa shape index (κ2) is 8.58. The van der Waals surface area contributed by atoms with Crippen molar-refractivity contribution in [2.75, 3.05) is 13.2 Å². The SMILES string of the molecule is Cc1ccc(OC[C@H](O)Cn2c([C@H]3CC(=O)N(C(C)(C)C)C3)nc3ccccc32)c(C)c1. The highest BCUT2D eigenvalue weighted by molar-refractivity contribution is 5.81. The van der Waals surface area contributed by atoms with Crippen molar-refractivity contribution in [2.24, 2.45) is 0 Å². The molecule has 1 amide bonds. The Labute approximate surface area is 189 Å². The van der Waals surface area contributed by atoms with E-state index in [1.807, 2.05) is 55.1 Å². The summed E-state index contributed by atoms with van der Waals surface area (Å²) in [5, 5.41) is 10.8. The van der Waals surface area contributed by atoms with E-state index in [2.05, 4.69) is 31.4 Å². The summed E-state index contributed by atoms with van der Waals surface area (Å²) in [7, 11) is 0. The van der Waals surface area contributed by atoms with E-state index in [0.717, 1.165) is 28.2 Å². The van der Waals surface area contributed by atoms with Gasteiger partial charge < -0.3 is 19.3 Å². The molecule has 0 aliphatic carbocycles. The van der Waals surface area contributed by atoms with Gasteiger partial charge in [0.25, 0.3) is 0 Å². The Hall–Kier alpha value is -2.86. The number of para-hydroxylation sites is 2. The first-order chi connectivity index (χ1) is 15.1. The molecular formula is C26H33N3O3. The van der Waals surface area contributed by atoms with Crippen LogP contribution in [0.2, 0.25) is 0 Å². The highest BCUT2D eigenvalue weighted by atomic mass is 16.5. The molecule has 1 N–H and O–H groups in total. The number of likely N-dealkylation sites (tertiary alicyclic amines) is 1. The number of aryl methyl sites for hydroxylation is 2. The smallest absolute Gasteiger partial charge is 0.223 e. The van der Waals surface area contributed by atoms with Crippen LogP contribution in [0.4, 0.5) is 0 Å². The van der Waals surface area contributed by atoms with Crippen molar-refractivity contribution in [1.29, 1.82) is 0 Å². The zero-order chi connectivity index (χ0) is 23.0. The summed E-state index contributed by atoms with van der Waals surface area (Å²) >= 11 is 0. The standard InChI is InChI=1S/C26H33N3O3/c1-17-10-11-23(18(2)12-17)32-16-20(30)15-28-22-9-7-6-8-21(22)27-25(28)19-13-24(31)29(14-19)26(3,4)5/h6-12,19-20,30H,13-16H2,1-5H3/t19-,20+/m0/s1. The molecule has 6 heteroatoms. The van der Waals surface area contributed by atoms with Crippen LogP contribution in [0.15, 0.2) is 42.5 Å². The fraction of sp³-hybridized carbons (Fsp3) is 0.462. The van der Waals surface area contributed by atoms with Crippen LogP contribution in [-0.2, 0) is 11.3 Å². The number of ether oxygens (including phenoxy) is 1. The predicted molar refractivity (Wildman–Crippen MR) is 126 cm³/mol. The lowest BCUT2D eigenvalue weighted by Gasteiger charge is -2.32. The summed E-state index contributed by atoms with van der Waals surface area (Å²) in [5.41, 5.74) is 3.86. The zero-order valence-electron chi connectivity index (χ0n) is 19.6. The Kier molecular flexibility index (Phi) is 5.99. The molecular weight excluding hydrogens is 402 g/mol. The van der Waals surface area contributed by atoms with E-state index in [9.17, 15) is 9.90 Å². The molecule has 4 rings (SSSR count). The maximum atomic E-state index is 12.7. The van der Waals surface area contributed by atoms with E-state index in [1.165, 1.54) is 5.56 Å². The number of imidazole rings is 1. The number of carbonyl (C=O) groups is 1. The number of amides is 1. The monoisotopic (exact) mass is 435 g/mol. The van der Waals surface area contributed by atoms with Crippen molar-refractivity contribution >= 4 is 16.9 Å². The van der Waals surface area contributed by atoms with E-state index < -0.39 is 6.10 Å². The van der Waals surface area contributed by atoms with Gasteiger partial charge in [0.2, 0.25) is 5.91 Å². The molecule has 170 valence electrons. The van der Waals surface area contributed by atoms with E-state index >= 15 is 0 Å². The minimum atomic E-state index is -0.706. The first kappa shape index (κ1) is 22.3. The average Bonchev–Trinajstić information content (AvgIpc) is 3.28. The highest BCUT2D eigenvalue weighted by Crippen LogP contribution is 2.34. The lowest BCUT2D eigenvalue weighted by Crippen LogP contribution is -2.42. The summed E-state index contributed by atoms with van der Waals surface area (Å²) in [5.74, 6) is 1.80. The van der Waals surface area contributed by atoms with Crippen LogP contribution in [0.5, 0.6) is 5.75 Å². The zero-order valence-corrected chi connectivity index (χ0v) is 19.6. The second-order valence-corrected chi connectivity index (χ2v) is 9.88. The molecule has 0 radical (unpaired) electrons. The topological polar surface area (TPSA) is 67.6 Å². The lowest BCUT2D eigenvalue weighted by atomic mass is 10.1. The molecule has 2 atom stereocenters. The Bertz CT molecular complexity index is 1130. The van der Waals surface area contributed by atoms with Crippen LogP contribution in [0.1, 0.15) is 50.1 Å². The van der Waals surface area contributed by atoms with E-state index in [4.69, 9.17) is 9.72 Å². The van der Waals surface area contributed by atoms with E-state index in [1.54, 1.807) is 0 Å². The minimum absolute atomic E-state index is 0.00147. The molecule has 1 aliphatic rings. The van der Waals surface area contributed by atoms with Gasteiger partial charge in [-0.05, 0) is 58.4 Å². The molecule has 1 fully saturated rings. The molecule has 1 aromatic heterocycles. The van der Waals surface area contributed by atoms with Gasteiger partial charge in [-0.1, -0.05) is 29.8 Å². The van der Waals surface area contributed by atoms with Crippen LogP contribution in [0.25, 0.3) is 11.0 Å². The van der Waals surface area contributed by atoms with Crippen molar-refractivity contribution in [3.05, 3.63) is 59.4 Å². The van der Waals surface area contributed by atoms with Gasteiger partial charge in [-0.2, -0.15) is 0 Å². The third-order valence-electron chi connectivity index (χ3n) is 6.14. The first-order valence-corrected chi connectivity index (χ1v) is 11.3. The Morgan fingerprint density at radius 2 is 1.94 bits per heavy atom. The van der Waals surface area contributed by atoms with Crippen molar-refractivity contribution in [2.45, 2.75) is 65.1 Å². The third-order valence-corrected chi connectivity index (χ3v) is 6.14. The molecule has 1 saturated heterocycles. The van der Waals surface area contributed by atoms with Gasteiger partial charge in [0.05, 0.1) is 17.6 Å². The Morgan fingerprint density at radius 1 is 1.19 bits per heavy atom. The Morgan fingerprint density at radius 3 is 2.62 bits per heavy atom. The van der Waals surface area contributed by atoms with Crippen molar-refractivity contribution in [3.8, 4) is 5.75 Å². The molecule has 6 nitrogen and oxygen atoms in total. The average molecular weight is 436 g/mol. The second-order valence-electron chi connectivity index (χ2n) is 9.88. The number of rotatable bonds is 6. The number of nitrogens with zero attached hydrogens (tertiary/aromatic N) is 3. The van der Waals surface area contributed by atoms with Gasteiger partial charge in [0.15, 0.2) is 0 Å². The predicted octanol–water partition coefficient (Wildman–Crippen LogP) is 4.21. The number of fused-ring (bicyclic) bond motifs is 1. The fourth-order valence-corrected chi connectivity index (χ4v) is 4.54. The number of aliphatic hydroxyl groups excluding tert-OH is 1. The molecule has 1 aliphatic heterocycles. The molecule has 0 unspecified atom stereocenters. The molecule has 3 aromatic rings. The van der Waals surface area contributed by atoms with Crippen LogP contribution < -0.4 is 4.74 Å². The largest absolute Gasteiger partial charge is 0.491 e. The number of hydrogen-bond donors (Lipinski definition) is 1. The number of hydrogen-bond acceptors (Lipinski definition) is 4. The molecule has 0 spiro atoms. The van der Waals surface area contributed by atoms with Crippen molar-refractivity contribution in [1.82, 2.24) is 14.5 Å². The molecule has 2 heterocycles. The molecule has 0 bridgehead atoms. The molecule has 2 aromatic carbocycles. The van der Waals surface area contributed by atoms with Crippen LogP contribution in [-0.4, -0.2) is 50.3 Å². The van der Waals surface area contributed by atoms with Gasteiger partial charge in [-0.3, -0.25) is 4.79 Å². The number of carbonyl (C=O) groups excluding carboxylic acids is 1. The van der Waals surface area contributed by atoms with Gasteiger partial charge in [0.1, 0.15) is 24.3 Å². The Balaban J connectivity index is 1.56. The highest BCUT2D eigenvalue weighted by Gasteiger charge is 2.39. The van der Waals surface area contributed by atoms with Gasteiger partial charge in [-0.15, -0.1) is 0 Å². The van der Waals surface area contributed by atoms with Gasteiger partial charge >= 0.3 is 0 Å². The number of aromatic nitrogens is 2. The van der Waals surface area contributed by atoms with E-state index in [-0.39, 0.29) is 24.0 Å². The van der Waals surface area contributed by atoms with Crippen LogP contribution in [0.3, 0.4) is 0 Å². The number of benzene rings is 2. The van der Waals surface area contributed by atoms with Crippen LogP contribution in [0, 0.1) is 13.8 Å². The lowest BCUT2D eigenvalue weighted by molar-refractivity contribution is -0.131. The quantitative estimate of drug-likeness (QED) is 0.630. The maximum Gasteiger partial charge on any atom is 0.223 e. The third kappa shape index (κ3) is 4.51. The van der Waals surface area contributed by atoms with Gasteiger partial charge in [0, 0.05) is 24.4 Å². The summed E-state index contributed by atoms with van der Waals surface area (Å²) < 4.78 is 7.98. The van der Waals surface area contributed by atoms with Crippen LogP contribution >= 0.6 is 0 Å². The summed E-state index contributed by atoms with van der Waals surface area (Å²) in [6, 6.07) is 14.0. The summed E-state index contributed by atoms with van der Waals surface area (Å²) in [4.78, 5) is 19.5. The molecule has 0 saturated carbocycles. The maximum absolute atomic E-state index is 12.7. The fourth-order valence-electron chi connectivity index (χ4n) is 4.54. The summed E-state index contributed by atoms with van der Waals surface area (Å²) in [6.45, 7) is 11.4. The van der Waals surface area contributed by atoms with E-state index in [0.29, 0.717) is 19.5 Å². The van der Waals surface area contributed by atoms with Crippen molar-refractivity contribution < 1.29 is 14.6 Å². The normalized spacial score (nSPS) is 17.9. The summed E-state index contributed by atoms with van der Waals surface area (Å²) in [6.07, 6.45) is -0.265.